The summed E-state index contributed by atoms with van der Waals surface area (Å²) >= 11 is 0. The van der Waals surface area contributed by atoms with Gasteiger partial charge in [0, 0.05) is 30.6 Å². The van der Waals surface area contributed by atoms with E-state index in [9.17, 15) is 24.6 Å². The van der Waals surface area contributed by atoms with Crippen LogP contribution in [-0.2, 0) is 28.6 Å². The lowest BCUT2D eigenvalue weighted by Gasteiger charge is -2.75. The molecule has 8 nitrogen and oxygen atoms in total. The molecule has 5 aliphatic carbocycles. The monoisotopic (exact) mass is 616 g/mol. The second-order valence-electron chi connectivity index (χ2n) is 16.9. The fourth-order valence-electron chi connectivity index (χ4n) is 12.5. The highest BCUT2D eigenvalue weighted by Crippen LogP contribution is 2.79. The normalized spacial score (nSPS) is 50.9. The first-order valence-corrected chi connectivity index (χ1v) is 16.7. The molecule has 0 amide bonds. The van der Waals surface area contributed by atoms with Gasteiger partial charge in [0.2, 0.25) is 0 Å². The number of fused-ring (bicyclic) bond motifs is 7. The Morgan fingerprint density at radius 1 is 0.886 bits per heavy atom. The minimum absolute atomic E-state index is 0.0497. The third-order valence-corrected chi connectivity index (χ3v) is 15.0. The van der Waals surface area contributed by atoms with Crippen LogP contribution < -0.4 is 0 Å². The highest BCUT2D eigenvalue weighted by molar-refractivity contribution is 5.80. The second-order valence-corrected chi connectivity index (χ2v) is 16.9. The van der Waals surface area contributed by atoms with Gasteiger partial charge in [-0.2, -0.15) is 0 Å². The molecule has 0 spiro atoms. The van der Waals surface area contributed by atoms with E-state index in [2.05, 4.69) is 48.5 Å². The number of ether oxygens (including phenoxy) is 3. The van der Waals surface area contributed by atoms with Crippen molar-refractivity contribution in [2.75, 3.05) is 7.11 Å². The Balaban J connectivity index is 1.70. The summed E-state index contributed by atoms with van der Waals surface area (Å²) in [6, 6.07) is 0. The molecule has 12 atom stereocenters. The lowest BCUT2D eigenvalue weighted by atomic mass is 9.30. The predicted octanol–water partition coefficient (Wildman–Crippen LogP) is 5.77. The third-order valence-electron chi connectivity index (χ3n) is 15.0. The average molecular weight is 617 g/mol. The lowest BCUT2D eigenvalue weighted by molar-refractivity contribution is -0.267. The van der Waals surface area contributed by atoms with Gasteiger partial charge in [-0.05, 0) is 80.0 Å². The predicted molar refractivity (Wildman–Crippen MR) is 165 cm³/mol. The maximum atomic E-state index is 13.8. The van der Waals surface area contributed by atoms with Gasteiger partial charge in [-0.15, -0.1) is 0 Å². The Kier molecular flexibility index (Phi) is 7.62. The summed E-state index contributed by atoms with van der Waals surface area (Å²) in [6.45, 7) is 19.8. The van der Waals surface area contributed by atoms with Crippen molar-refractivity contribution in [2.45, 2.75) is 138 Å². The number of methoxy groups -OCH3 is 1. The van der Waals surface area contributed by atoms with Crippen LogP contribution in [0.1, 0.15) is 114 Å². The Hall–Kier alpha value is -1.93. The second kappa shape index (κ2) is 10.0. The number of aliphatic hydroxyl groups is 2. The van der Waals surface area contributed by atoms with Crippen molar-refractivity contribution in [3.05, 3.63) is 11.6 Å². The topological polar surface area (TPSA) is 119 Å². The van der Waals surface area contributed by atoms with Crippen molar-refractivity contribution < 1.29 is 38.8 Å². The molecular weight excluding hydrogens is 560 g/mol. The first-order valence-electron chi connectivity index (χ1n) is 16.7. The maximum absolute atomic E-state index is 13.8. The van der Waals surface area contributed by atoms with E-state index in [1.54, 1.807) is 0 Å². The largest absolute Gasteiger partial charge is 0.469 e. The minimum Gasteiger partial charge on any atom is -0.469 e. The minimum atomic E-state index is -1.21. The van der Waals surface area contributed by atoms with E-state index < -0.39 is 68.3 Å². The van der Waals surface area contributed by atoms with Crippen LogP contribution >= 0.6 is 0 Å². The summed E-state index contributed by atoms with van der Waals surface area (Å²) < 4.78 is 17.3. The van der Waals surface area contributed by atoms with E-state index in [1.807, 2.05) is 13.0 Å². The van der Waals surface area contributed by atoms with Crippen molar-refractivity contribution in [3.63, 3.8) is 0 Å². The third kappa shape index (κ3) is 3.91. The first kappa shape index (κ1) is 33.4. The van der Waals surface area contributed by atoms with Gasteiger partial charge in [-0.3, -0.25) is 14.4 Å². The van der Waals surface area contributed by atoms with Crippen molar-refractivity contribution in [2.24, 2.45) is 50.2 Å². The fourth-order valence-corrected chi connectivity index (χ4v) is 12.5. The number of carbonyl (C=O) groups excluding carboxylic acids is 3. The van der Waals surface area contributed by atoms with Gasteiger partial charge >= 0.3 is 17.9 Å². The Bertz CT molecular complexity index is 1270. The molecule has 0 aromatic heterocycles. The van der Waals surface area contributed by atoms with Crippen LogP contribution in [0.25, 0.3) is 0 Å². The molecule has 0 bridgehead atoms. The van der Waals surface area contributed by atoms with Gasteiger partial charge in [0.05, 0.1) is 24.2 Å². The summed E-state index contributed by atoms with van der Waals surface area (Å²) in [6.07, 6.45) is 4.74. The van der Waals surface area contributed by atoms with Gasteiger partial charge in [0.15, 0.2) is 0 Å². The molecule has 8 heteroatoms. The van der Waals surface area contributed by atoms with Crippen molar-refractivity contribution >= 4 is 17.9 Å². The van der Waals surface area contributed by atoms with Crippen LogP contribution in [0, 0.1) is 50.2 Å². The summed E-state index contributed by atoms with van der Waals surface area (Å²) in [5.74, 6) is -1.26. The zero-order valence-corrected chi connectivity index (χ0v) is 28.8. The summed E-state index contributed by atoms with van der Waals surface area (Å²) in [5.41, 5.74) is -3.86. The van der Waals surface area contributed by atoms with E-state index in [0.29, 0.717) is 19.3 Å². The number of rotatable bonds is 3. The Morgan fingerprint density at radius 3 is 2.07 bits per heavy atom. The summed E-state index contributed by atoms with van der Waals surface area (Å²) in [7, 11) is 1.44. The van der Waals surface area contributed by atoms with Gasteiger partial charge in [-0.25, -0.2) is 0 Å². The molecule has 5 rings (SSSR count). The van der Waals surface area contributed by atoms with Crippen molar-refractivity contribution in [3.8, 4) is 0 Å². The molecule has 4 saturated carbocycles. The molecule has 0 saturated heterocycles. The SMILES string of the molecule is COC(=O)[C@]12CC[C@@H](C)[C@@](C)(O)[C@@]1(C)C1=C[C@@H](O)[C@H]3[C@@]4(C)C[C@H](OC(C)=O)[C@H](OC(C)=O)C(C)(C)[C@@H]4CC[C@@]3(C)[C@]1(C)CC2. The summed E-state index contributed by atoms with van der Waals surface area (Å²) in [4.78, 5) is 38.4. The highest BCUT2D eigenvalue weighted by Gasteiger charge is 2.77. The van der Waals surface area contributed by atoms with Gasteiger partial charge < -0.3 is 24.4 Å². The zero-order valence-electron chi connectivity index (χ0n) is 28.8. The molecule has 0 radical (unpaired) electrons. The first-order chi connectivity index (χ1) is 20.1. The van der Waals surface area contributed by atoms with Crippen molar-refractivity contribution in [1.82, 2.24) is 0 Å². The van der Waals surface area contributed by atoms with Crippen LogP contribution in [0.2, 0.25) is 0 Å². The Morgan fingerprint density at radius 2 is 1.50 bits per heavy atom. The summed E-state index contributed by atoms with van der Waals surface area (Å²) in [5, 5.41) is 24.9. The number of esters is 3. The molecule has 248 valence electrons. The van der Waals surface area contributed by atoms with Crippen LogP contribution in [0.3, 0.4) is 0 Å². The standard InChI is InChI=1S/C36H56O8/c1-20-12-15-36(29(40)42-11)17-16-32(7)26(34(36,9)35(20,10)41)18-23(39)27-31(6)19-24(43-21(2)37)28(44-22(3)38)30(4,5)25(31)13-14-33(27,32)8/h18,20,23-25,27-28,39,41H,12-17,19H2,1-11H3/t20-,23-,24+,25+,27+,28+,31+,32-,33-,34-,35-,36-/m1/s1. The van der Waals surface area contributed by atoms with E-state index >= 15 is 0 Å². The van der Waals surface area contributed by atoms with E-state index in [4.69, 9.17) is 14.2 Å². The van der Waals surface area contributed by atoms with Gasteiger partial charge in [0.1, 0.15) is 12.2 Å². The fraction of sp³-hybridized carbons (Fsp3) is 0.861. The van der Waals surface area contributed by atoms with Crippen LogP contribution in [0.4, 0.5) is 0 Å². The smallest absolute Gasteiger partial charge is 0.312 e. The molecule has 2 N–H and O–H groups in total. The van der Waals surface area contributed by atoms with Crippen LogP contribution in [0.5, 0.6) is 0 Å². The maximum Gasteiger partial charge on any atom is 0.312 e. The van der Waals surface area contributed by atoms with Crippen LogP contribution in [0.15, 0.2) is 11.6 Å². The van der Waals surface area contributed by atoms with Crippen molar-refractivity contribution in [1.29, 1.82) is 0 Å². The average Bonchev–Trinajstić information content (AvgIpc) is 2.90. The molecule has 0 aromatic rings. The number of aliphatic hydroxyl groups excluding tert-OH is 1. The molecule has 5 aliphatic rings. The quantitative estimate of drug-likeness (QED) is 0.233. The molecular formula is C36H56O8. The van der Waals surface area contributed by atoms with Gasteiger partial charge in [-0.1, -0.05) is 60.1 Å². The molecule has 0 heterocycles. The number of hydrogen-bond donors (Lipinski definition) is 2. The molecule has 44 heavy (non-hydrogen) atoms. The number of carbonyl (C=O) groups is 3. The van der Waals surface area contributed by atoms with E-state index in [-0.39, 0.29) is 23.7 Å². The van der Waals surface area contributed by atoms with E-state index in [0.717, 1.165) is 31.3 Å². The Labute approximate surface area is 263 Å². The molecule has 4 fully saturated rings. The lowest BCUT2D eigenvalue weighted by Crippen LogP contribution is -2.74. The van der Waals surface area contributed by atoms with E-state index in [1.165, 1.54) is 21.0 Å². The van der Waals surface area contributed by atoms with Gasteiger partial charge in [0.25, 0.3) is 0 Å². The number of hydrogen-bond acceptors (Lipinski definition) is 8. The highest BCUT2D eigenvalue weighted by atomic mass is 16.6. The zero-order chi connectivity index (χ0) is 33.1. The molecule has 0 aromatic carbocycles. The van der Waals surface area contributed by atoms with Crippen LogP contribution in [-0.4, -0.2) is 59.1 Å². The molecule has 0 aliphatic heterocycles. The molecule has 0 unspecified atom stereocenters.